The first-order chi connectivity index (χ1) is 7.81. The molecule has 0 rings (SSSR count). The maximum Gasteiger partial charge on any atom is 0.305 e. The van der Waals surface area contributed by atoms with Crippen molar-refractivity contribution in [3.63, 3.8) is 0 Å². The Labute approximate surface area is 104 Å². The van der Waals surface area contributed by atoms with E-state index in [1.807, 2.05) is 13.0 Å². The molecule has 94 valence electrons. The maximum atomic E-state index is 11.0. The number of hydrogen-bond acceptors (Lipinski definition) is 2. The van der Waals surface area contributed by atoms with Crippen LogP contribution in [-0.4, -0.2) is 12.6 Å². The molecule has 0 aliphatic heterocycles. The fraction of sp³-hybridized carbons (Fsp3) is 0.769. The van der Waals surface area contributed by atoms with Crippen LogP contribution in [0.4, 0.5) is 0 Å². The first-order valence-electron chi connectivity index (χ1n) is 6.22. The highest BCUT2D eigenvalue weighted by Crippen LogP contribution is 2.09. The van der Waals surface area contributed by atoms with Gasteiger partial charge in [0.2, 0.25) is 0 Å². The zero-order chi connectivity index (χ0) is 12.1. The quantitative estimate of drug-likeness (QED) is 0.421. The van der Waals surface area contributed by atoms with Gasteiger partial charge in [-0.25, -0.2) is 0 Å². The Hall–Kier alpha value is -0.500. The van der Waals surface area contributed by atoms with Gasteiger partial charge in [-0.15, -0.1) is 0 Å². The molecule has 0 heterocycles. The molecule has 3 heteroatoms. The van der Waals surface area contributed by atoms with Crippen LogP contribution in [-0.2, 0) is 9.53 Å². The molecule has 16 heavy (non-hydrogen) atoms. The van der Waals surface area contributed by atoms with E-state index in [0.29, 0.717) is 13.0 Å². The highest BCUT2D eigenvalue weighted by atomic mass is 35.5. The average Bonchev–Trinajstić information content (AvgIpc) is 2.27. The van der Waals surface area contributed by atoms with Crippen molar-refractivity contribution in [1.82, 2.24) is 0 Å². The second-order valence-electron chi connectivity index (χ2n) is 3.83. The molecule has 0 saturated carbocycles. The third kappa shape index (κ3) is 11.6. The zero-order valence-corrected chi connectivity index (χ0v) is 11.0. The summed E-state index contributed by atoms with van der Waals surface area (Å²) in [5.74, 6) is -0.0604. The monoisotopic (exact) mass is 246 g/mol. The van der Waals surface area contributed by atoms with E-state index in [2.05, 4.69) is 0 Å². The summed E-state index contributed by atoms with van der Waals surface area (Å²) in [6.45, 7) is 2.33. The van der Waals surface area contributed by atoms with Crippen LogP contribution in [0.25, 0.3) is 0 Å². The van der Waals surface area contributed by atoms with Gasteiger partial charge in [-0.1, -0.05) is 43.4 Å². The lowest BCUT2D eigenvalue weighted by Crippen LogP contribution is -2.03. The molecule has 0 N–H and O–H groups in total. The number of carbonyl (C=O) groups is 1. The molecule has 0 fully saturated rings. The molecule has 0 bridgehead atoms. The highest BCUT2D eigenvalue weighted by molar-refractivity contribution is 6.25. The first kappa shape index (κ1) is 15.5. The lowest BCUT2D eigenvalue weighted by atomic mass is 10.1. The number of halogens is 1. The van der Waals surface area contributed by atoms with Gasteiger partial charge in [-0.05, 0) is 26.2 Å². The van der Waals surface area contributed by atoms with Gasteiger partial charge in [0.05, 0.1) is 6.61 Å². The lowest BCUT2D eigenvalue weighted by Gasteiger charge is -2.02. The zero-order valence-electron chi connectivity index (χ0n) is 10.2. The largest absolute Gasteiger partial charge is 0.466 e. The minimum absolute atomic E-state index is 0.0604. The number of rotatable bonds is 10. The number of ether oxygens (including phenoxy) is 1. The Kier molecular flexibility index (Phi) is 12.2. The molecule has 0 saturated heterocycles. The smallest absolute Gasteiger partial charge is 0.305 e. The van der Waals surface area contributed by atoms with Crippen LogP contribution >= 0.6 is 11.6 Å². The summed E-state index contributed by atoms with van der Waals surface area (Å²) < 4.78 is 4.85. The van der Waals surface area contributed by atoms with Crippen molar-refractivity contribution in [2.75, 3.05) is 6.61 Å². The first-order valence-corrected chi connectivity index (χ1v) is 6.65. The molecule has 0 radical (unpaired) electrons. The predicted octanol–water partition coefficient (Wildman–Crippen LogP) is 4.42. The van der Waals surface area contributed by atoms with Gasteiger partial charge in [0.25, 0.3) is 0 Å². The van der Waals surface area contributed by atoms with Crippen molar-refractivity contribution in [1.29, 1.82) is 0 Å². The summed E-state index contributed by atoms with van der Waals surface area (Å²) in [5, 5.41) is 0. The number of unbranched alkanes of at least 4 members (excludes halogenated alkanes) is 6. The minimum atomic E-state index is -0.0604. The summed E-state index contributed by atoms with van der Waals surface area (Å²) in [7, 11) is 0. The van der Waals surface area contributed by atoms with Crippen LogP contribution in [0.1, 0.15) is 58.3 Å². The average molecular weight is 247 g/mol. The minimum Gasteiger partial charge on any atom is -0.466 e. The second-order valence-corrected chi connectivity index (χ2v) is 4.08. The molecule has 0 atom stereocenters. The number of esters is 1. The molecule has 2 nitrogen and oxygen atoms in total. The van der Waals surface area contributed by atoms with Gasteiger partial charge in [-0.2, -0.15) is 0 Å². The third-order valence-corrected chi connectivity index (χ3v) is 2.57. The number of allylic oxidation sites excluding steroid dienone is 1. The van der Waals surface area contributed by atoms with Crippen LogP contribution < -0.4 is 0 Å². The van der Waals surface area contributed by atoms with Gasteiger partial charge in [0.15, 0.2) is 0 Å². The van der Waals surface area contributed by atoms with E-state index in [1.54, 1.807) is 5.54 Å². The standard InChI is InChI=1S/C13H23ClO2/c1-2-16-13(15)11-9-7-5-3-4-6-8-10-12-14/h10,12H,2-9,11H2,1H3/b12-10+. The van der Waals surface area contributed by atoms with E-state index in [0.717, 1.165) is 19.3 Å². The molecular formula is C13H23ClO2. The van der Waals surface area contributed by atoms with E-state index in [-0.39, 0.29) is 5.97 Å². The molecular weight excluding hydrogens is 224 g/mol. The van der Waals surface area contributed by atoms with Gasteiger partial charge in [0, 0.05) is 12.0 Å². The van der Waals surface area contributed by atoms with Crippen molar-refractivity contribution >= 4 is 17.6 Å². The van der Waals surface area contributed by atoms with E-state index < -0.39 is 0 Å². The van der Waals surface area contributed by atoms with E-state index in [9.17, 15) is 4.79 Å². The number of carbonyl (C=O) groups excluding carboxylic acids is 1. The van der Waals surface area contributed by atoms with Gasteiger partial charge >= 0.3 is 5.97 Å². The van der Waals surface area contributed by atoms with E-state index >= 15 is 0 Å². The SMILES string of the molecule is CCOC(=O)CCCCCCCC/C=C/Cl. The van der Waals surface area contributed by atoms with Gasteiger partial charge < -0.3 is 4.74 Å². The molecule has 0 aliphatic rings. The normalized spacial score (nSPS) is 10.9. The maximum absolute atomic E-state index is 11.0. The molecule has 0 aromatic rings. The van der Waals surface area contributed by atoms with Crippen LogP contribution in [0.3, 0.4) is 0 Å². The topological polar surface area (TPSA) is 26.3 Å². The van der Waals surface area contributed by atoms with Gasteiger partial charge in [0.1, 0.15) is 0 Å². The third-order valence-electron chi connectivity index (χ3n) is 2.40. The lowest BCUT2D eigenvalue weighted by molar-refractivity contribution is -0.143. The van der Waals surface area contributed by atoms with Crippen LogP contribution in [0.2, 0.25) is 0 Å². The fourth-order valence-electron chi connectivity index (χ4n) is 1.53. The summed E-state index contributed by atoms with van der Waals surface area (Å²) >= 11 is 5.41. The molecule has 0 spiro atoms. The Bertz CT molecular complexity index is 190. The molecule has 0 aliphatic carbocycles. The second kappa shape index (κ2) is 12.6. The Morgan fingerprint density at radius 2 is 1.75 bits per heavy atom. The van der Waals surface area contributed by atoms with E-state index in [4.69, 9.17) is 16.3 Å². The predicted molar refractivity (Wildman–Crippen MR) is 68.6 cm³/mol. The van der Waals surface area contributed by atoms with Crippen molar-refractivity contribution < 1.29 is 9.53 Å². The Balaban J connectivity index is 3.06. The van der Waals surface area contributed by atoms with Crippen molar-refractivity contribution in [2.45, 2.75) is 58.3 Å². The Morgan fingerprint density at radius 1 is 1.12 bits per heavy atom. The number of hydrogen-bond donors (Lipinski definition) is 0. The van der Waals surface area contributed by atoms with Crippen molar-refractivity contribution in [3.8, 4) is 0 Å². The molecule has 0 unspecified atom stereocenters. The van der Waals surface area contributed by atoms with Crippen LogP contribution in [0.15, 0.2) is 11.6 Å². The van der Waals surface area contributed by atoms with Crippen LogP contribution in [0, 0.1) is 0 Å². The van der Waals surface area contributed by atoms with Crippen molar-refractivity contribution in [2.24, 2.45) is 0 Å². The summed E-state index contributed by atoms with van der Waals surface area (Å²) in [6.07, 6.45) is 10.6. The van der Waals surface area contributed by atoms with E-state index in [1.165, 1.54) is 25.7 Å². The van der Waals surface area contributed by atoms with Gasteiger partial charge in [-0.3, -0.25) is 4.79 Å². The Morgan fingerprint density at radius 3 is 2.38 bits per heavy atom. The van der Waals surface area contributed by atoms with Crippen LogP contribution in [0.5, 0.6) is 0 Å². The summed E-state index contributed by atoms with van der Waals surface area (Å²) in [4.78, 5) is 11.0. The molecule has 0 aromatic carbocycles. The molecule has 0 amide bonds. The fourth-order valence-corrected chi connectivity index (χ4v) is 1.66. The summed E-state index contributed by atoms with van der Waals surface area (Å²) in [5.41, 5.74) is 1.58. The summed E-state index contributed by atoms with van der Waals surface area (Å²) in [6, 6.07) is 0. The highest BCUT2D eigenvalue weighted by Gasteiger charge is 2.00. The molecule has 0 aromatic heterocycles. The van der Waals surface area contributed by atoms with Crippen molar-refractivity contribution in [3.05, 3.63) is 11.6 Å².